The van der Waals surface area contributed by atoms with Crippen LogP contribution in [0, 0.1) is 0 Å². The molecule has 0 aliphatic heterocycles. The number of esters is 1. The Kier molecular flexibility index (Phi) is 6.90. The van der Waals surface area contributed by atoms with E-state index in [1.54, 1.807) is 48.7 Å². The Morgan fingerprint density at radius 2 is 1.59 bits per heavy atom. The molecule has 0 aliphatic rings. The maximum atomic E-state index is 13.3. The number of nitrogens with zero attached hydrogens (tertiary/aromatic N) is 2. The molecule has 0 unspecified atom stereocenters. The number of para-hydroxylation sites is 1. The predicted octanol–water partition coefficient (Wildman–Crippen LogP) is 6.31. The number of carbonyl (C=O) groups excluding carboxylic acids is 2. The summed E-state index contributed by atoms with van der Waals surface area (Å²) in [5.74, 6) is -0.0250. The second-order valence-corrected chi connectivity index (χ2v) is 7.85. The first-order valence-electron chi connectivity index (χ1n) is 10.4. The van der Waals surface area contributed by atoms with E-state index in [-0.39, 0.29) is 11.3 Å². The zero-order valence-corrected chi connectivity index (χ0v) is 19.3. The highest BCUT2D eigenvalue weighted by Crippen LogP contribution is 2.29. The molecule has 0 spiro atoms. The molecule has 170 valence electrons. The minimum Gasteiger partial charge on any atom is -0.465 e. The van der Waals surface area contributed by atoms with Crippen LogP contribution >= 0.6 is 11.6 Å². The molecule has 4 aromatic rings. The minimum atomic E-state index is -0.602. The largest absolute Gasteiger partial charge is 0.465 e. The van der Waals surface area contributed by atoms with Gasteiger partial charge in [0.2, 0.25) is 0 Å². The molecule has 3 aromatic carbocycles. The minimum absolute atomic E-state index is 0.152. The standard InChI is InChI=1S/C27H21ClN2O4/c1-30(21-11-9-20(28)10-12-21)22-14-19(16-29-17-22)26(31)18-8-13-25(24(15-18)27(32)33-2)34-23-6-4-3-5-7-23/h3-17H,1-2H3. The number of anilines is 2. The van der Waals surface area contributed by atoms with Gasteiger partial charge in [-0.2, -0.15) is 0 Å². The monoisotopic (exact) mass is 472 g/mol. The molecular formula is C27H21ClN2O4. The lowest BCUT2D eigenvalue weighted by Crippen LogP contribution is -2.12. The number of hydrogen-bond acceptors (Lipinski definition) is 6. The van der Waals surface area contributed by atoms with Gasteiger partial charge in [-0.3, -0.25) is 9.78 Å². The number of aromatic nitrogens is 1. The molecule has 0 saturated carbocycles. The van der Waals surface area contributed by atoms with Gasteiger partial charge in [-0.25, -0.2) is 4.79 Å². The van der Waals surface area contributed by atoms with Crippen molar-refractivity contribution in [2.75, 3.05) is 19.1 Å². The third-order valence-corrected chi connectivity index (χ3v) is 5.46. The second kappa shape index (κ2) is 10.2. The van der Waals surface area contributed by atoms with Crippen LogP contribution in [0.1, 0.15) is 26.3 Å². The Bertz CT molecular complexity index is 1320. The highest BCUT2D eigenvalue weighted by Gasteiger charge is 2.19. The first-order valence-corrected chi connectivity index (χ1v) is 10.8. The zero-order chi connectivity index (χ0) is 24.1. The van der Waals surface area contributed by atoms with Crippen molar-refractivity contribution in [3.63, 3.8) is 0 Å². The molecule has 0 fully saturated rings. The van der Waals surface area contributed by atoms with Crippen LogP contribution in [0.3, 0.4) is 0 Å². The van der Waals surface area contributed by atoms with Gasteiger partial charge >= 0.3 is 5.97 Å². The molecule has 1 heterocycles. The van der Waals surface area contributed by atoms with Crippen LogP contribution in [-0.4, -0.2) is 30.9 Å². The summed E-state index contributed by atoms with van der Waals surface area (Å²) in [4.78, 5) is 31.8. The van der Waals surface area contributed by atoms with Crippen molar-refractivity contribution in [3.8, 4) is 11.5 Å². The van der Waals surface area contributed by atoms with Crippen molar-refractivity contribution in [1.82, 2.24) is 4.98 Å². The number of benzene rings is 3. The van der Waals surface area contributed by atoms with Gasteiger partial charge in [0.1, 0.15) is 17.1 Å². The fourth-order valence-corrected chi connectivity index (χ4v) is 3.49. The summed E-state index contributed by atoms with van der Waals surface area (Å²) in [6.07, 6.45) is 3.16. The van der Waals surface area contributed by atoms with Crippen molar-refractivity contribution in [3.05, 3.63) is 113 Å². The lowest BCUT2D eigenvalue weighted by Gasteiger charge is -2.19. The zero-order valence-electron chi connectivity index (χ0n) is 18.6. The van der Waals surface area contributed by atoms with Crippen LogP contribution in [0.15, 0.2) is 91.3 Å². The van der Waals surface area contributed by atoms with Gasteiger partial charge in [0.25, 0.3) is 0 Å². The van der Waals surface area contributed by atoms with Crippen molar-refractivity contribution < 1.29 is 19.1 Å². The molecule has 0 aliphatic carbocycles. The van der Waals surface area contributed by atoms with E-state index in [9.17, 15) is 9.59 Å². The van der Waals surface area contributed by atoms with Crippen LogP contribution in [0.25, 0.3) is 0 Å². The van der Waals surface area contributed by atoms with E-state index >= 15 is 0 Å². The Morgan fingerprint density at radius 3 is 2.29 bits per heavy atom. The van der Waals surface area contributed by atoms with E-state index in [2.05, 4.69) is 4.98 Å². The van der Waals surface area contributed by atoms with E-state index in [1.165, 1.54) is 19.4 Å². The number of methoxy groups -OCH3 is 1. The van der Waals surface area contributed by atoms with Crippen LogP contribution in [0.4, 0.5) is 11.4 Å². The molecule has 0 amide bonds. The molecule has 6 nitrogen and oxygen atoms in total. The molecule has 1 aromatic heterocycles. The average Bonchev–Trinajstić information content (AvgIpc) is 2.88. The summed E-state index contributed by atoms with van der Waals surface area (Å²) >= 11 is 5.98. The van der Waals surface area contributed by atoms with Crippen molar-refractivity contribution in [2.45, 2.75) is 0 Å². The van der Waals surface area contributed by atoms with E-state index in [0.717, 1.165) is 11.4 Å². The Labute approximate surface area is 202 Å². The first-order chi connectivity index (χ1) is 16.5. The van der Waals surface area contributed by atoms with Gasteiger partial charge in [0, 0.05) is 35.1 Å². The highest BCUT2D eigenvalue weighted by molar-refractivity contribution is 6.30. The predicted molar refractivity (Wildman–Crippen MR) is 131 cm³/mol. The SMILES string of the molecule is COC(=O)c1cc(C(=O)c2cncc(N(C)c3ccc(Cl)cc3)c2)ccc1Oc1ccccc1. The molecule has 7 heteroatoms. The first kappa shape index (κ1) is 23.0. The molecule has 0 N–H and O–H groups in total. The van der Waals surface area contributed by atoms with Gasteiger partial charge in [-0.15, -0.1) is 0 Å². The number of carbonyl (C=O) groups is 2. The summed E-state index contributed by atoms with van der Waals surface area (Å²) in [6, 6.07) is 22.8. The Hall–Kier alpha value is -4.16. The Balaban J connectivity index is 1.64. The van der Waals surface area contributed by atoms with Crippen LogP contribution in [0.2, 0.25) is 5.02 Å². The van der Waals surface area contributed by atoms with E-state index < -0.39 is 5.97 Å². The summed E-state index contributed by atoms with van der Waals surface area (Å²) < 4.78 is 10.7. The molecule has 0 bridgehead atoms. The van der Waals surface area contributed by atoms with Crippen molar-refractivity contribution >= 4 is 34.7 Å². The summed E-state index contributed by atoms with van der Waals surface area (Å²) in [5, 5.41) is 0.639. The number of hydrogen-bond donors (Lipinski definition) is 0. The molecule has 0 radical (unpaired) electrons. The molecule has 0 atom stereocenters. The lowest BCUT2D eigenvalue weighted by atomic mass is 10.0. The molecule has 4 rings (SSSR count). The topological polar surface area (TPSA) is 68.7 Å². The number of ketones is 1. The summed E-state index contributed by atoms with van der Waals surface area (Å²) in [5.41, 5.74) is 2.47. The second-order valence-electron chi connectivity index (χ2n) is 7.41. The number of ether oxygens (including phenoxy) is 2. The van der Waals surface area contributed by atoms with Gasteiger partial charge in [0.15, 0.2) is 5.78 Å². The fraction of sp³-hybridized carbons (Fsp3) is 0.0741. The average molecular weight is 473 g/mol. The molecule has 34 heavy (non-hydrogen) atoms. The van der Waals surface area contributed by atoms with E-state index in [4.69, 9.17) is 21.1 Å². The fourth-order valence-electron chi connectivity index (χ4n) is 3.36. The smallest absolute Gasteiger partial charge is 0.341 e. The number of pyridine rings is 1. The normalized spacial score (nSPS) is 10.4. The lowest BCUT2D eigenvalue weighted by molar-refractivity contribution is 0.0598. The van der Waals surface area contributed by atoms with Gasteiger partial charge in [0.05, 0.1) is 19.0 Å². The van der Waals surface area contributed by atoms with Crippen molar-refractivity contribution in [1.29, 1.82) is 0 Å². The number of halogens is 1. The highest BCUT2D eigenvalue weighted by atomic mass is 35.5. The maximum Gasteiger partial charge on any atom is 0.341 e. The van der Waals surface area contributed by atoms with Crippen LogP contribution in [-0.2, 0) is 4.74 Å². The maximum absolute atomic E-state index is 13.3. The molecule has 0 saturated heterocycles. The Morgan fingerprint density at radius 1 is 0.853 bits per heavy atom. The quantitative estimate of drug-likeness (QED) is 0.232. The van der Waals surface area contributed by atoms with Gasteiger partial charge in [-0.05, 0) is 60.7 Å². The third kappa shape index (κ3) is 5.08. The van der Waals surface area contributed by atoms with E-state index in [0.29, 0.717) is 27.6 Å². The van der Waals surface area contributed by atoms with Gasteiger partial charge in [-0.1, -0.05) is 29.8 Å². The van der Waals surface area contributed by atoms with E-state index in [1.807, 2.05) is 42.3 Å². The van der Waals surface area contributed by atoms with Crippen molar-refractivity contribution in [2.24, 2.45) is 0 Å². The molecular weight excluding hydrogens is 452 g/mol. The summed E-state index contributed by atoms with van der Waals surface area (Å²) in [6.45, 7) is 0. The number of rotatable bonds is 7. The van der Waals surface area contributed by atoms with Gasteiger partial charge < -0.3 is 14.4 Å². The van der Waals surface area contributed by atoms with Crippen LogP contribution < -0.4 is 9.64 Å². The third-order valence-electron chi connectivity index (χ3n) is 5.21. The van der Waals surface area contributed by atoms with Crippen LogP contribution in [0.5, 0.6) is 11.5 Å². The summed E-state index contributed by atoms with van der Waals surface area (Å²) in [7, 11) is 3.16.